The molecule has 0 radical (unpaired) electrons. The first-order valence-electron chi connectivity index (χ1n) is 7.05. The number of carboxylic acid groups (broad SMARTS) is 1. The average Bonchev–Trinajstić information content (AvgIpc) is 2.28. The van der Waals surface area contributed by atoms with Gasteiger partial charge in [-0.2, -0.15) is 0 Å². The van der Waals surface area contributed by atoms with Crippen molar-refractivity contribution in [3.05, 3.63) is 0 Å². The van der Waals surface area contributed by atoms with Crippen LogP contribution in [0.5, 0.6) is 0 Å². The molecule has 1 N–H and O–H groups in total. The predicted octanol–water partition coefficient (Wildman–Crippen LogP) is 2.90. The van der Waals surface area contributed by atoms with E-state index >= 15 is 0 Å². The summed E-state index contributed by atoms with van der Waals surface area (Å²) in [5.74, 6) is -0.641. The summed E-state index contributed by atoms with van der Waals surface area (Å²) in [4.78, 5) is 13.5. The lowest BCUT2D eigenvalue weighted by Gasteiger charge is -2.44. The Morgan fingerprint density at radius 3 is 2.65 bits per heavy atom. The number of piperidine rings is 1. The SMILES string of the molecule is CC1(CC(=O)O)CCCN(C2CCCCC2)C1. The zero-order valence-electron chi connectivity index (χ0n) is 11.0. The van der Waals surface area contributed by atoms with Crippen LogP contribution in [-0.4, -0.2) is 35.1 Å². The molecule has 2 fully saturated rings. The third kappa shape index (κ3) is 3.44. The smallest absolute Gasteiger partial charge is 0.303 e. The molecule has 0 aromatic carbocycles. The number of nitrogens with zero attached hydrogens (tertiary/aromatic N) is 1. The Morgan fingerprint density at radius 2 is 2.00 bits per heavy atom. The number of likely N-dealkylation sites (tertiary alicyclic amines) is 1. The highest BCUT2D eigenvalue weighted by Gasteiger charge is 2.35. The van der Waals surface area contributed by atoms with E-state index in [0.29, 0.717) is 6.42 Å². The van der Waals surface area contributed by atoms with Crippen LogP contribution in [0.25, 0.3) is 0 Å². The summed E-state index contributed by atoms with van der Waals surface area (Å²) in [6.45, 7) is 4.32. The lowest BCUT2D eigenvalue weighted by molar-refractivity contribution is -0.140. The van der Waals surface area contributed by atoms with Crippen molar-refractivity contribution in [2.24, 2.45) is 5.41 Å². The summed E-state index contributed by atoms with van der Waals surface area (Å²) in [6, 6.07) is 0.733. The zero-order chi connectivity index (χ0) is 12.3. The maximum atomic E-state index is 10.9. The Kier molecular flexibility index (Phi) is 4.08. The number of rotatable bonds is 3. The first-order valence-corrected chi connectivity index (χ1v) is 7.05. The maximum absolute atomic E-state index is 10.9. The van der Waals surface area contributed by atoms with Crippen LogP contribution in [0.15, 0.2) is 0 Å². The fourth-order valence-electron chi connectivity index (χ4n) is 3.62. The molecule has 1 atom stereocenters. The third-order valence-corrected chi connectivity index (χ3v) is 4.48. The van der Waals surface area contributed by atoms with Crippen molar-refractivity contribution in [2.45, 2.75) is 64.3 Å². The normalized spacial score (nSPS) is 32.5. The van der Waals surface area contributed by atoms with Crippen LogP contribution in [0.1, 0.15) is 58.3 Å². The molecule has 1 saturated carbocycles. The molecule has 0 aromatic heterocycles. The van der Waals surface area contributed by atoms with E-state index in [1.165, 1.54) is 45.1 Å². The molecule has 3 nitrogen and oxygen atoms in total. The largest absolute Gasteiger partial charge is 0.481 e. The Bertz CT molecular complexity index is 273. The molecule has 17 heavy (non-hydrogen) atoms. The predicted molar refractivity (Wildman–Crippen MR) is 68.0 cm³/mol. The van der Waals surface area contributed by atoms with Crippen LogP contribution in [0.3, 0.4) is 0 Å². The molecule has 2 aliphatic rings. The van der Waals surface area contributed by atoms with Gasteiger partial charge in [-0.25, -0.2) is 0 Å². The molecule has 3 heteroatoms. The minimum atomic E-state index is -0.641. The molecule has 2 rings (SSSR count). The van der Waals surface area contributed by atoms with Gasteiger partial charge in [0.25, 0.3) is 0 Å². The number of carboxylic acids is 1. The molecule has 0 amide bonds. The fourth-order valence-corrected chi connectivity index (χ4v) is 3.62. The van der Waals surface area contributed by atoms with Gasteiger partial charge in [0.2, 0.25) is 0 Å². The van der Waals surface area contributed by atoms with Crippen LogP contribution in [0.4, 0.5) is 0 Å². The highest BCUT2D eigenvalue weighted by atomic mass is 16.4. The Labute approximate surface area is 104 Å². The number of aliphatic carboxylic acids is 1. The van der Waals surface area contributed by atoms with Gasteiger partial charge in [-0.1, -0.05) is 26.2 Å². The van der Waals surface area contributed by atoms with Gasteiger partial charge in [-0.05, 0) is 37.6 Å². The molecule has 1 heterocycles. The van der Waals surface area contributed by atoms with Crippen molar-refractivity contribution in [3.63, 3.8) is 0 Å². The first-order chi connectivity index (χ1) is 8.09. The van der Waals surface area contributed by atoms with Gasteiger partial charge >= 0.3 is 5.97 Å². The molecular formula is C14H25NO2. The Balaban J connectivity index is 1.93. The summed E-state index contributed by atoms with van der Waals surface area (Å²) in [7, 11) is 0. The number of hydrogen-bond acceptors (Lipinski definition) is 2. The van der Waals surface area contributed by atoms with Gasteiger partial charge in [0, 0.05) is 12.6 Å². The standard InChI is InChI=1S/C14H25NO2/c1-14(10-13(16)17)8-5-9-15(11-14)12-6-3-2-4-7-12/h12H,2-11H2,1H3,(H,16,17). The van der Waals surface area contributed by atoms with Gasteiger partial charge in [0.15, 0.2) is 0 Å². The third-order valence-electron chi connectivity index (χ3n) is 4.48. The van der Waals surface area contributed by atoms with E-state index in [2.05, 4.69) is 11.8 Å². The molecule has 0 spiro atoms. The Morgan fingerprint density at radius 1 is 1.29 bits per heavy atom. The molecule has 1 aliphatic heterocycles. The topological polar surface area (TPSA) is 40.5 Å². The summed E-state index contributed by atoms with van der Waals surface area (Å²) in [6.07, 6.45) is 9.32. The van der Waals surface area contributed by atoms with Crippen LogP contribution >= 0.6 is 0 Å². The molecular weight excluding hydrogens is 214 g/mol. The van der Waals surface area contributed by atoms with Gasteiger partial charge in [0.05, 0.1) is 6.42 Å². The summed E-state index contributed by atoms with van der Waals surface area (Å²) < 4.78 is 0. The van der Waals surface area contributed by atoms with Gasteiger partial charge < -0.3 is 5.11 Å². The van der Waals surface area contributed by atoms with E-state index in [-0.39, 0.29) is 5.41 Å². The fraction of sp³-hybridized carbons (Fsp3) is 0.929. The second kappa shape index (κ2) is 5.38. The van der Waals surface area contributed by atoms with Crippen molar-refractivity contribution in [1.29, 1.82) is 0 Å². The van der Waals surface area contributed by atoms with Gasteiger partial charge in [0.1, 0.15) is 0 Å². The highest BCUT2D eigenvalue weighted by Crippen LogP contribution is 2.36. The summed E-state index contributed by atoms with van der Waals surface area (Å²) in [5, 5.41) is 9.01. The first kappa shape index (κ1) is 12.9. The van der Waals surface area contributed by atoms with Crippen LogP contribution in [0, 0.1) is 5.41 Å². The second-order valence-corrected chi connectivity index (χ2v) is 6.25. The maximum Gasteiger partial charge on any atom is 0.303 e. The van der Waals surface area contributed by atoms with Crippen molar-refractivity contribution in [2.75, 3.05) is 13.1 Å². The lowest BCUT2D eigenvalue weighted by atomic mass is 9.78. The summed E-state index contributed by atoms with van der Waals surface area (Å²) >= 11 is 0. The van der Waals surface area contributed by atoms with Crippen LogP contribution in [-0.2, 0) is 4.79 Å². The zero-order valence-corrected chi connectivity index (χ0v) is 11.0. The van der Waals surface area contributed by atoms with E-state index < -0.39 is 5.97 Å². The quantitative estimate of drug-likeness (QED) is 0.823. The minimum absolute atomic E-state index is 0.00152. The van der Waals surface area contributed by atoms with Gasteiger partial charge in [-0.3, -0.25) is 9.69 Å². The summed E-state index contributed by atoms with van der Waals surface area (Å²) in [5.41, 5.74) is 0.00152. The van der Waals surface area contributed by atoms with Crippen LogP contribution < -0.4 is 0 Å². The molecule has 0 aromatic rings. The minimum Gasteiger partial charge on any atom is -0.481 e. The van der Waals surface area contributed by atoms with Crippen molar-refractivity contribution in [3.8, 4) is 0 Å². The molecule has 1 aliphatic carbocycles. The molecule has 1 unspecified atom stereocenters. The molecule has 98 valence electrons. The monoisotopic (exact) mass is 239 g/mol. The Hall–Kier alpha value is -0.570. The lowest BCUT2D eigenvalue weighted by Crippen LogP contribution is -2.48. The number of hydrogen-bond donors (Lipinski definition) is 1. The van der Waals surface area contributed by atoms with Crippen molar-refractivity contribution >= 4 is 5.97 Å². The van der Waals surface area contributed by atoms with Crippen molar-refractivity contribution in [1.82, 2.24) is 4.90 Å². The van der Waals surface area contributed by atoms with E-state index in [0.717, 1.165) is 19.0 Å². The van der Waals surface area contributed by atoms with E-state index in [9.17, 15) is 4.79 Å². The van der Waals surface area contributed by atoms with E-state index in [4.69, 9.17) is 5.11 Å². The molecule has 1 saturated heterocycles. The van der Waals surface area contributed by atoms with Crippen molar-refractivity contribution < 1.29 is 9.90 Å². The second-order valence-electron chi connectivity index (χ2n) is 6.25. The highest BCUT2D eigenvalue weighted by molar-refractivity contribution is 5.67. The van der Waals surface area contributed by atoms with Crippen LogP contribution in [0.2, 0.25) is 0 Å². The van der Waals surface area contributed by atoms with E-state index in [1.54, 1.807) is 0 Å². The van der Waals surface area contributed by atoms with Gasteiger partial charge in [-0.15, -0.1) is 0 Å². The van der Waals surface area contributed by atoms with E-state index in [1.807, 2.05) is 0 Å². The number of carbonyl (C=O) groups is 1. The molecule has 0 bridgehead atoms. The average molecular weight is 239 g/mol.